The van der Waals surface area contributed by atoms with Gasteiger partial charge in [-0.2, -0.15) is 0 Å². The first-order valence-corrected chi connectivity index (χ1v) is 10.3. The van der Waals surface area contributed by atoms with E-state index >= 15 is 0 Å². The summed E-state index contributed by atoms with van der Waals surface area (Å²) in [4.78, 5) is 23.7. The number of nitrogens with zero attached hydrogens (tertiary/aromatic N) is 3. The zero-order valence-electron chi connectivity index (χ0n) is 16.4. The van der Waals surface area contributed by atoms with Gasteiger partial charge in [0.05, 0.1) is 12.2 Å². The Morgan fingerprint density at radius 1 is 1.10 bits per heavy atom. The summed E-state index contributed by atoms with van der Waals surface area (Å²) >= 11 is 1.33. The van der Waals surface area contributed by atoms with Gasteiger partial charge in [0, 0.05) is 17.8 Å². The Bertz CT molecular complexity index is 1030. The summed E-state index contributed by atoms with van der Waals surface area (Å²) in [5.74, 6) is 0.341. The molecule has 0 aliphatic carbocycles. The van der Waals surface area contributed by atoms with Crippen LogP contribution in [0.2, 0.25) is 0 Å². The lowest BCUT2D eigenvalue weighted by Gasteiger charge is -2.11. The van der Waals surface area contributed by atoms with Gasteiger partial charge in [0.15, 0.2) is 11.0 Å². The molecule has 0 saturated carbocycles. The molecule has 1 aromatic heterocycles. The number of amides is 2. The Labute approximate surface area is 173 Å². The minimum atomic E-state index is -0.444. The van der Waals surface area contributed by atoms with Crippen LogP contribution in [0.5, 0.6) is 0 Å². The molecular formula is C21H23N5O2S. The lowest BCUT2D eigenvalue weighted by atomic mass is 10.1. The van der Waals surface area contributed by atoms with Crippen molar-refractivity contribution in [2.24, 2.45) is 5.73 Å². The van der Waals surface area contributed by atoms with E-state index < -0.39 is 5.91 Å². The van der Waals surface area contributed by atoms with Crippen molar-refractivity contribution in [1.82, 2.24) is 14.8 Å². The smallest absolute Gasteiger partial charge is 0.234 e. The van der Waals surface area contributed by atoms with Crippen molar-refractivity contribution in [1.29, 1.82) is 0 Å². The first-order valence-electron chi connectivity index (χ1n) is 9.27. The van der Waals surface area contributed by atoms with Gasteiger partial charge in [-0.25, -0.2) is 0 Å². The predicted octanol–water partition coefficient (Wildman–Crippen LogP) is 3.03. The number of thioether (sulfide) groups is 1. The van der Waals surface area contributed by atoms with Gasteiger partial charge in [0.2, 0.25) is 11.8 Å². The monoisotopic (exact) mass is 409 g/mol. The normalized spacial score (nSPS) is 10.7. The van der Waals surface area contributed by atoms with E-state index in [2.05, 4.69) is 15.5 Å². The highest BCUT2D eigenvalue weighted by atomic mass is 32.2. The lowest BCUT2D eigenvalue weighted by molar-refractivity contribution is -0.117. The SMILES string of the molecule is CCn1c(SCC(=O)Nc2ccccc2CC(N)=O)nnc1-c1ccccc1C. The molecule has 8 heteroatoms. The van der Waals surface area contributed by atoms with Crippen LogP contribution in [0.1, 0.15) is 18.1 Å². The van der Waals surface area contributed by atoms with E-state index in [9.17, 15) is 9.59 Å². The molecule has 0 saturated heterocycles. The average molecular weight is 410 g/mol. The molecule has 29 heavy (non-hydrogen) atoms. The Morgan fingerprint density at radius 2 is 1.83 bits per heavy atom. The Morgan fingerprint density at radius 3 is 2.55 bits per heavy atom. The number of carbonyl (C=O) groups excluding carboxylic acids is 2. The number of aryl methyl sites for hydroxylation is 1. The van der Waals surface area contributed by atoms with Gasteiger partial charge in [-0.3, -0.25) is 9.59 Å². The maximum Gasteiger partial charge on any atom is 0.234 e. The van der Waals surface area contributed by atoms with Crippen LogP contribution in [0.15, 0.2) is 53.7 Å². The maximum absolute atomic E-state index is 12.4. The standard InChI is InChI=1S/C21H23N5O2S/c1-3-26-20(16-10-6-4-8-14(16)2)24-25-21(26)29-13-19(28)23-17-11-7-5-9-15(17)12-18(22)27/h4-11H,3,12-13H2,1-2H3,(H2,22,27)(H,23,28). The summed E-state index contributed by atoms with van der Waals surface area (Å²) in [6.07, 6.45) is 0.0769. The number of hydrogen-bond donors (Lipinski definition) is 2. The molecule has 0 radical (unpaired) electrons. The zero-order valence-corrected chi connectivity index (χ0v) is 17.2. The van der Waals surface area contributed by atoms with Crippen molar-refractivity contribution in [3.05, 3.63) is 59.7 Å². The number of para-hydroxylation sites is 1. The first kappa shape index (κ1) is 20.6. The third-order valence-corrected chi connectivity index (χ3v) is 5.37. The van der Waals surface area contributed by atoms with E-state index in [4.69, 9.17) is 5.73 Å². The summed E-state index contributed by atoms with van der Waals surface area (Å²) in [6, 6.07) is 15.1. The number of anilines is 1. The van der Waals surface area contributed by atoms with E-state index in [1.165, 1.54) is 11.8 Å². The molecule has 0 bridgehead atoms. The molecule has 1 heterocycles. The third kappa shape index (κ3) is 5.03. The molecule has 150 valence electrons. The van der Waals surface area contributed by atoms with Crippen molar-refractivity contribution in [2.75, 3.05) is 11.1 Å². The molecule has 0 aliphatic rings. The molecule has 0 fully saturated rings. The van der Waals surface area contributed by atoms with Gasteiger partial charge in [0.1, 0.15) is 0 Å². The topological polar surface area (TPSA) is 103 Å². The molecule has 2 amide bonds. The van der Waals surface area contributed by atoms with Crippen LogP contribution < -0.4 is 11.1 Å². The lowest BCUT2D eigenvalue weighted by Crippen LogP contribution is -2.18. The minimum Gasteiger partial charge on any atom is -0.369 e. The molecule has 0 spiro atoms. The molecular weight excluding hydrogens is 386 g/mol. The van der Waals surface area contributed by atoms with E-state index in [1.54, 1.807) is 24.3 Å². The van der Waals surface area contributed by atoms with Gasteiger partial charge in [-0.1, -0.05) is 54.2 Å². The number of aromatic nitrogens is 3. The number of hydrogen-bond acceptors (Lipinski definition) is 5. The Hall–Kier alpha value is -3.13. The second-order valence-corrected chi connectivity index (χ2v) is 7.44. The predicted molar refractivity (Wildman–Crippen MR) is 115 cm³/mol. The summed E-state index contributed by atoms with van der Waals surface area (Å²) in [5.41, 5.74) is 8.71. The molecule has 2 aromatic carbocycles. The van der Waals surface area contributed by atoms with Crippen molar-refractivity contribution in [3.8, 4) is 11.4 Å². The van der Waals surface area contributed by atoms with Gasteiger partial charge >= 0.3 is 0 Å². The fourth-order valence-corrected chi connectivity index (χ4v) is 3.81. The van der Waals surface area contributed by atoms with Crippen molar-refractivity contribution < 1.29 is 9.59 Å². The van der Waals surface area contributed by atoms with Crippen LogP contribution in [-0.2, 0) is 22.6 Å². The Kier molecular flexibility index (Phi) is 6.66. The van der Waals surface area contributed by atoms with E-state index in [0.29, 0.717) is 23.0 Å². The summed E-state index contributed by atoms with van der Waals surface area (Å²) < 4.78 is 2.00. The van der Waals surface area contributed by atoms with Gasteiger partial charge < -0.3 is 15.6 Å². The zero-order chi connectivity index (χ0) is 20.8. The van der Waals surface area contributed by atoms with Crippen LogP contribution >= 0.6 is 11.8 Å². The molecule has 7 nitrogen and oxygen atoms in total. The van der Waals surface area contributed by atoms with Crippen LogP contribution in [0.3, 0.4) is 0 Å². The maximum atomic E-state index is 12.4. The third-order valence-electron chi connectivity index (χ3n) is 4.41. The molecule has 0 unspecified atom stereocenters. The van der Waals surface area contributed by atoms with Crippen molar-refractivity contribution in [3.63, 3.8) is 0 Å². The van der Waals surface area contributed by atoms with Gasteiger partial charge in [-0.15, -0.1) is 10.2 Å². The van der Waals surface area contributed by atoms with E-state index in [1.807, 2.05) is 42.7 Å². The number of rotatable bonds is 8. The summed E-state index contributed by atoms with van der Waals surface area (Å²) in [5, 5.41) is 12.1. The fourth-order valence-electron chi connectivity index (χ4n) is 3.00. The molecule has 0 atom stereocenters. The quantitative estimate of drug-likeness (QED) is 0.557. The first-order chi connectivity index (χ1) is 14.0. The van der Waals surface area contributed by atoms with Crippen LogP contribution in [0.25, 0.3) is 11.4 Å². The second kappa shape index (κ2) is 9.38. The minimum absolute atomic E-state index is 0.0769. The average Bonchev–Trinajstić information content (AvgIpc) is 3.10. The highest BCUT2D eigenvalue weighted by Crippen LogP contribution is 2.26. The number of primary amides is 1. The highest BCUT2D eigenvalue weighted by Gasteiger charge is 2.16. The van der Waals surface area contributed by atoms with Crippen LogP contribution in [0, 0.1) is 6.92 Å². The summed E-state index contributed by atoms with van der Waals surface area (Å²) in [7, 11) is 0. The van der Waals surface area contributed by atoms with Gasteiger partial charge in [0.25, 0.3) is 0 Å². The Balaban J connectivity index is 1.70. The highest BCUT2D eigenvalue weighted by molar-refractivity contribution is 7.99. The number of benzene rings is 2. The van der Waals surface area contributed by atoms with E-state index in [-0.39, 0.29) is 18.1 Å². The molecule has 3 aromatic rings. The fraction of sp³-hybridized carbons (Fsp3) is 0.238. The molecule has 0 aliphatic heterocycles. The molecule has 3 N–H and O–H groups in total. The second-order valence-electron chi connectivity index (χ2n) is 6.50. The largest absolute Gasteiger partial charge is 0.369 e. The van der Waals surface area contributed by atoms with Gasteiger partial charge in [-0.05, 0) is 31.0 Å². The van der Waals surface area contributed by atoms with Crippen LogP contribution in [-0.4, -0.2) is 32.3 Å². The van der Waals surface area contributed by atoms with Crippen molar-refractivity contribution >= 4 is 29.3 Å². The van der Waals surface area contributed by atoms with Crippen LogP contribution in [0.4, 0.5) is 5.69 Å². The number of carbonyl (C=O) groups is 2. The van der Waals surface area contributed by atoms with E-state index in [0.717, 1.165) is 17.0 Å². The number of nitrogens with one attached hydrogen (secondary N) is 1. The van der Waals surface area contributed by atoms with Crippen molar-refractivity contribution in [2.45, 2.75) is 32.0 Å². The number of nitrogens with two attached hydrogens (primary N) is 1. The summed E-state index contributed by atoms with van der Waals surface area (Å²) in [6.45, 7) is 4.76. The molecule has 3 rings (SSSR count).